The summed E-state index contributed by atoms with van der Waals surface area (Å²) in [5, 5.41) is 0. The molecule has 1 aliphatic rings. The quantitative estimate of drug-likeness (QED) is 0.609. The molecule has 0 saturated carbocycles. The van der Waals surface area contributed by atoms with Gasteiger partial charge in [0, 0.05) is 24.8 Å². The molecule has 1 amide bonds. The van der Waals surface area contributed by atoms with Gasteiger partial charge in [-0.1, -0.05) is 13.3 Å². The van der Waals surface area contributed by atoms with Gasteiger partial charge in [0.25, 0.3) is 5.91 Å². The molecule has 1 saturated heterocycles. The van der Waals surface area contributed by atoms with E-state index in [0.717, 1.165) is 25.9 Å². The number of amides is 1. The summed E-state index contributed by atoms with van der Waals surface area (Å²) in [6.07, 6.45) is 3.83. The Labute approximate surface area is 101 Å². The number of carbonyl (C=O) groups excluding carboxylic acids is 1. The normalized spacial score (nSPS) is 19.4. The first-order chi connectivity index (χ1) is 8.24. The second kappa shape index (κ2) is 5.14. The zero-order chi connectivity index (χ0) is 12.3. The molecule has 3 N–H and O–H groups in total. The Morgan fingerprint density at radius 2 is 2.53 bits per heavy atom. The number of nitrogen functional groups attached to an aromatic ring is 1. The Kier molecular flexibility index (Phi) is 3.58. The summed E-state index contributed by atoms with van der Waals surface area (Å²) in [5.41, 5.74) is 3.09. The van der Waals surface area contributed by atoms with Crippen molar-refractivity contribution in [2.24, 2.45) is 11.8 Å². The number of likely N-dealkylation sites (tertiary alicyclic amines) is 1. The topological polar surface area (TPSA) is 71.2 Å². The van der Waals surface area contributed by atoms with Gasteiger partial charge in [0.2, 0.25) is 0 Å². The lowest BCUT2D eigenvalue weighted by atomic mass is 10.1. The number of nitrogens with zero attached hydrogens (tertiary/aromatic N) is 2. The highest BCUT2D eigenvalue weighted by atomic mass is 16.2. The monoisotopic (exact) mass is 234 g/mol. The Morgan fingerprint density at radius 3 is 3.18 bits per heavy atom. The van der Waals surface area contributed by atoms with Crippen LogP contribution in [0.4, 0.5) is 5.82 Å². The van der Waals surface area contributed by atoms with Crippen LogP contribution in [-0.2, 0) is 0 Å². The van der Waals surface area contributed by atoms with E-state index in [2.05, 4.69) is 17.3 Å². The van der Waals surface area contributed by atoms with Crippen LogP contribution in [0, 0.1) is 5.92 Å². The third kappa shape index (κ3) is 2.55. The summed E-state index contributed by atoms with van der Waals surface area (Å²) in [5.74, 6) is 6.51. The van der Waals surface area contributed by atoms with Crippen molar-refractivity contribution in [2.45, 2.75) is 19.8 Å². The van der Waals surface area contributed by atoms with E-state index in [0.29, 0.717) is 17.3 Å². The van der Waals surface area contributed by atoms with Gasteiger partial charge in [-0.3, -0.25) is 4.79 Å². The number of aromatic nitrogens is 1. The fraction of sp³-hybridized carbons (Fsp3) is 0.500. The first-order valence-electron chi connectivity index (χ1n) is 5.96. The molecular formula is C12H18N4O. The average Bonchev–Trinajstić information content (AvgIpc) is 2.86. The van der Waals surface area contributed by atoms with Crippen molar-refractivity contribution in [1.29, 1.82) is 0 Å². The number of anilines is 1. The van der Waals surface area contributed by atoms with Crippen LogP contribution in [0.15, 0.2) is 18.3 Å². The molecule has 0 aromatic carbocycles. The zero-order valence-corrected chi connectivity index (χ0v) is 10.0. The van der Waals surface area contributed by atoms with Crippen molar-refractivity contribution in [3.63, 3.8) is 0 Å². The first kappa shape index (κ1) is 11.9. The van der Waals surface area contributed by atoms with Gasteiger partial charge in [-0.2, -0.15) is 0 Å². The molecule has 17 heavy (non-hydrogen) atoms. The van der Waals surface area contributed by atoms with E-state index in [9.17, 15) is 4.79 Å². The molecule has 0 radical (unpaired) electrons. The molecule has 1 atom stereocenters. The van der Waals surface area contributed by atoms with Crippen LogP contribution in [0.25, 0.3) is 0 Å². The van der Waals surface area contributed by atoms with E-state index >= 15 is 0 Å². The zero-order valence-electron chi connectivity index (χ0n) is 10.0. The van der Waals surface area contributed by atoms with Gasteiger partial charge in [0.05, 0.1) is 0 Å². The predicted octanol–water partition coefficient (Wildman–Crippen LogP) is 1.24. The van der Waals surface area contributed by atoms with Crippen LogP contribution >= 0.6 is 0 Å². The second-order valence-electron chi connectivity index (χ2n) is 4.39. The number of hydrogen-bond acceptors (Lipinski definition) is 4. The maximum absolute atomic E-state index is 12.2. The van der Waals surface area contributed by atoms with Gasteiger partial charge in [-0.25, -0.2) is 10.8 Å². The van der Waals surface area contributed by atoms with E-state index in [-0.39, 0.29) is 5.91 Å². The van der Waals surface area contributed by atoms with Gasteiger partial charge in [-0.15, -0.1) is 0 Å². The maximum atomic E-state index is 12.2. The molecule has 1 fully saturated rings. The van der Waals surface area contributed by atoms with Crippen molar-refractivity contribution >= 4 is 11.7 Å². The summed E-state index contributed by atoms with van der Waals surface area (Å²) in [4.78, 5) is 18.1. The SMILES string of the molecule is CCC1CCN(C(=O)c2ccnc(NN)c2)C1. The smallest absolute Gasteiger partial charge is 0.254 e. The number of hydrogen-bond donors (Lipinski definition) is 2. The lowest BCUT2D eigenvalue weighted by Gasteiger charge is -2.16. The Hall–Kier alpha value is -1.62. The molecule has 1 aromatic heterocycles. The highest BCUT2D eigenvalue weighted by Gasteiger charge is 2.25. The lowest BCUT2D eigenvalue weighted by molar-refractivity contribution is 0.0787. The molecule has 1 aromatic rings. The molecule has 2 rings (SSSR count). The Balaban J connectivity index is 2.09. The minimum Gasteiger partial charge on any atom is -0.338 e. The van der Waals surface area contributed by atoms with Crippen LogP contribution in [0.3, 0.4) is 0 Å². The summed E-state index contributed by atoms with van der Waals surface area (Å²) in [6, 6.07) is 3.41. The van der Waals surface area contributed by atoms with Crippen molar-refractivity contribution in [2.75, 3.05) is 18.5 Å². The van der Waals surface area contributed by atoms with Gasteiger partial charge < -0.3 is 10.3 Å². The molecule has 1 aliphatic heterocycles. The van der Waals surface area contributed by atoms with E-state index in [1.54, 1.807) is 18.3 Å². The van der Waals surface area contributed by atoms with Crippen LogP contribution in [0.2, 0.25) is 0 Å². The van der Waals surface area contributed by atoms with Crippen LogP contribution in [-0.4, -0.2) is 28.9 Å². The summed E-state index contributed by atoms with van der Waals surface area (Å²) >= 11 is 0. The van der Waals surface area contributed by atoms with Crippen molar-refractivity contribution in [3.8, 4) is 0 Å². The minimum atomic E-state index is 0.0693. The predicted molar refractivity (Wildman–Crippen MR) is 66.3 cm³/mol. The molecule has 5 heteroatoms. The third-order valence-electron chi connectivity index (χ3n) is 3.31. The first-order valence-corrected chi connectivity index (χ1v) is 5.96. The molecule has 0 bridgehead atoms. The lowest BCUT2D eigenvalue weighted by Crippen LogP contribution is -2.28. The van der Waals surface area contributed by atoms with E-state index in [1.165, 1.54) is 0 Å². The van der Waals surface area contributed by atoms with Crippen LogP contribution in [0.1, 0.15) is 30.1 Å². The standard InChI is InChI=1S/C12H18N4O/c1-2-9-4-6-16(8-9)12(17)10-3-5-14-11(7-10)15-13/h3,5,7,9H,2,4,6,8,13H2,1H3,(H,14,15). The Morgan fingerprint density at radius 1 is 1.71 bits per heavy atom. The van der Waals surface area contributed by atoms with Gasteiger partial charge in [-0.05, 0) is 24.5 Å². The fourth-order valence-electron chi connectivity index (χ4n) is 2.18. The number of rotatable bonds is 3. The van der Waals surface area contributed by atoms with E-state index in [4.69, 9.17) is 5.84 Å². The summed E-state index contributed by atoms with van der Waals surface area (Å²) in [6.45, 7) is 3.88. The number of nitrogens with two attached hydrogens (primary N) is 1. The second-order valence-corrected chi connectivity index (χ2v) is 4.39. The van der Waals surface area contributed by atoms with E-state index < -0.39 is 0 Å². The maximum Gasteiger partial charge on any atom is 0.254 e. The van der Waals surface area contributed by atoms with Crippen LogP contribution < -0.4 is 11.3 Å². The molecule has 0 aliphatic carbocycles. The summed E-state index contributed by atoms with van der Waals surface area (Å²) < 4.78 is 0. The molecule has 5 nitrogen and oxygen atoms in total. The summed E-state index contributed by atoms with van der Waals surface area (Å²) in [7, 11) is 0. The third-order valence-corrected chi connectivity index (χ3v) is 3.31. The van der Waals surface area contributed by atoms with Crippen molar-refractivity contribution in [1.82, 2.24) is 9.88 Å². The Bertz CT molecular complexity index is 407. The number of nitrogens with one attached hydrogen (secondary N) is 1. The molecule has 0 spiro atoms. The highest BCUT2D eigenvalue weighted by molar-refractivity contribution is 5.95. The average molecular weight is 234 g/mol. The number of carbonyl (C=O) groups is 1. The molecule has 2 heterocycles. The molecular weight excluding hydrogens is 216 g/mol. The van der Waals surface area contributed by atoms with Gasteiger partial charge >= 0.3 is 0 Å². The van der Waals surface area contributed by atoms with Crippen molar-refractivity contribution in [3.05, 3.63) is 23.9 Å². The minimum absolute atomic E-state index is 0.0693. The van der Waals surface area contributed by atoms with E-state index in [1.807, 2.05) is 4.90 Å². The largest absolute Gasteiger partial charge is 0.338 e. The number of hydrazine groups is 1. The van der Waals surface area contributed by atoms with Crippen LogP contribution in [0.5, 0.6) is 0 Å². The van der Waals surface area contributed by atoms with Gasteiger partial charge in [0.1, 0.15) is 5.82 Å². The fourth-order valence-corrected chi connectivity index (χ4v) is 2.18. The number of pyridine rings is 1. The highest BCUT2D eigenvalue weighted by Crippen LogP contribution is 2.21. The van der Waals surface area contributed by atoms with Crippen molar-refractivity contribution < 1.29 is 4.79 Å². The molecule has 92 valence electrons. The molecule has 1 unspecified atom stereocenters. The van der Waals surface area contributed by atoms with Gasteiger partial charge in [0.15, 0.2) is 0 Å².